The average Bonchev–Trinajstić information content (AvgIpc) is 2.57. The molecule has 160 valence electrons. The van der Waals surface area contributed by atoms with Gasteiger partial charge in [-0.25, -0.2) is 8.42 Å². The van der Waals surface area contributed by atoms with Crippen LogP contribution in [-0.4, -0.2) is 33.7 Å². The predicted octanol–water partition coefficient (Wildman–Crippen LogP) is 2.40. The van der Waals surface area contributed by atoms with Crippen LogP contribution in [0.2, 0.25) is 0 Å². The molecule has 0 saturated carbocycles. The fraction of sp³-hybridized carbons (Fsp3) is 0.588. The number of carbonyl (C=O) groups is 1. The molecule has 2 N–H and O–H groups in total. The first-order valence-corrected chi connectivity index (χ1v) is 12.5. The fourth-order valence-corrected chi connectivity index (χ4v) is 3.61. The summed E-state index contributed by atoms with van der Waals surface area (Å²) >= 11 is 0. The van der Waals surface area contributed by atoms with E-state index in [0.717, 1.165) is 38.4 Å². The number of phosphoric ester groups is 1. The summed E-state index contributed by atoms with van der Waals surface area (Å²) in [5, 5.41) is 2.59. The molecule has 0 radical (unpaired) electrons. The normalized spacial score (nSPS) is 13.5. The number of amides is 1. The number of anilines is 1. The molecular formula is C17H28N2O7PS-. The summed E-state index contributed by atoms with van der Waals surface area (Å²) in [6.07, 6.45) is 6.56. The van der Waals surface area contributed by atoms with Crippen LogP contribution in [0, 0.1) is 0 Å². The van der Waals surface area contributed by atoms with Gasteiger partial charge >= 0.3 is 7.82 Å². The first-order chi connectivity index (χ1) is 13.1. The molecule has 0 spiro atoms. The van der Waals surface area contributed by atoms with Crippen LogP contribution in [0.3, 0.4) is 0 Å². The molecule has 0 saturated heterocycles. The van der Waals surface area contributed by atoms with Crippen molar-refractivity contribution in [3.8, 4) is 5.75 Å². The third kappa shape index (κ3) is 12.0. The van der Waals surface area contributed by atoms with Gasteiger partial charge in [0.2, 0.25) is 15.9 Å². The van der Waals surface area contributed by atoms with E-state index < -0.39 is 17.8 Å². The minimum atomic E-state index is -4.66. The van der Waals surface area contributed by atoms with Gasteiger partial charge in [0, 0.05) is 19.0 Å². The van der Waals surface area contributed by atoms with Gasteiger partial charge in [-0.3, -0.25) is 14.1 Å². The Morgan fingerprint density at radius 1 is 1.21 bits per heavy atom. The zero-order chi connectivity index (χ0) is 21.0. The molecule has 1 aromatic rings. The van der Waals surface area contributed by atoms with Crippen molar-refractivity contribution in [2.24, 2.45) is 0 Å². The van der Waals surface area contributed by atoms with E-state index in [9.17, 15) is 22.7 Å². The van der Waals surface area contributed by atoms with Crippen LogP contribution in [0.25, 0.3) is 0 Å². The van der Waals surface area contributed by atoms with Gasteiger partial charge in [-0.1, -0.05) is 38.7 Å². The average molecular weight is 435 g/mol. The zero-order valence-corrected chi connectivity index (χ0v) is 17.9. The Morgan fingerprint density at radius 3 is 2.61 bits per heavy atom. The molecule has 0 aromatic heterocycles. The van der Waals surface area contributed by atoms with Crippen molar-refractivity contribution >= 4 is 29.4 Å². The van der Waals surface area contributed by atoms with Crippen molar-refractivity contribution in [1.82, 2.24) is 5.32 Å². The van der Waals surface area contributed by atoms with E-state index in [0.29, 0.717) is 6.42 Å². The molecule has 0 aliphatic carbocycles. The second-order valence-electron chi connectivity index (χ2n) is 6.29. The Morgan fingerprint density at radius 2 is 1.93 bits per heavy atom. The quantitative estimate of drug-likeness (QED) is 0.338. The van der Waals surface area contributed by atoms with Gasteiger partial charge in [-0.15, -0.1) is 0 Å². The lowest BCUT2D eigenvalue weighted by Crippen LogP contribution is -2.27. The molecule has 0 aliphatic rings. The standard InChI is InChI=1S/C17H29N2O7PS/c1-3-4-5-6-7-11-17(20)18-12-13-25-27(21,22)26-16-10-8-9-15(14-16)19-28(2,23)24/h8-10,14,19H,3-7,11-13H2,1-2H3,(H,18,20)(H,21,22)/p-1. The molecule has 0 heterocycles. The van der Waals surface area contributed by atoms with Gasteiger partial charge < -0.3 is 19.3 Å². The van der Waals surface area contributed by atoms with Crippen molar-refractivity contribution in [2.75, 3.05) is 24.1 Å². The molecule has 1 unspecified atom stereocenters. The number of rotatable bonds is 14. The van der Waals surface area contributed by atoms with Crippen LogP contribution in [0.4, 0.5) is 5.69 Å². The van der Waals surface area contributed by atoms with E-state index in [1.807, 2.05) is 0 Å². The molecular weight excluding hydrogens is 407 g/mol. The Bertz CT molecular complexity index is 771. The summed E-state index contributed by atoms with van der Waals surface area (Å²) in [6, 6.07) is 5.45. The van der Waals surface area contributed by atoms with Crippen molar-refractivity contribution in [3.63, 3.8) is 0 Å². The van der Waals surface area contributed by atoms with E-state index in [4.69, 9.17) is 9.05 Å². The number of sulfonamides is 1. The summed E-state index contributed by atoms with van der Waals surface area (Å²) in [6.45, 7) is 1.90. The Balaban J connectivity index is 2.34. The molecule has 0 aliphatic heterocycles. The summed E-state index contributed by atoms with van der Waals surface area (Å²) in [7, 11) is -8.16. The molecule has 1 aromatic carbocycles. The molecule has 1 amide bonds. The first-order valence-electron chi connectivity index (χ1n) is 9.11. The number of carbonyl (C=O) groups excluding carboxylic acids is 1. The maximum atomic E-state index is 11.8. The van der Waals surface area contributed by atoms with Crippen molar-refractivity contribution in [2.45, 2.75) is 45.4 Å². The lowest BCUT2D eigenvalue weighted by molar-refractivity contribution is -0.216. The van der Waals surface area contributed by atoms with Gasteiger partial charge in [0.05, 0.1) is 18.6 Å². The van der Waals surface area contributed by atoms with Gasteiger partial charge in [-0.05, 0) is 18.6 Å². The molecule has 1 atom stereocenters. The van der Waals surface area contributed by atoms with E-state index in [2.05, 4.69) is 17.0 Å². The number of hydrogen-bond acceptors (Lipinski definition) is 7. The SMILES string of the molecule is CCCCCCCC(=O)NCCOP(=O)([O-])Oc1cccc(NS(C)(=O)=O)c1. The van der Waals surface area contributed by atoms with Crippen molar-refractivity contribution in [3.05, 3.63) is 24.3 Å². The second kappa shape index (κ2) is 12.1. The Kier molecular flexibility index (Phi) is 10.5. The summed E-state index contributed by atoms with van der Waals surface area (Å²) in [4.78, 5) is 23.5. The first kappa shape index (κ1) is 24.4. The van der Waals surface area contributed by atoms with Gasteiger partial charge in [-0.2, -0.15) is 0 Å². The Labute approximate surface area is 166 Å². The highest BCUT2D eigenvalue weighted by Gasteiger charge is 2.12. The third-order valence-corrected chi connectivity index (χ3v) is 5.08. The van der Waals surface area contributed by atoms with Crippen molar-refractivity contribution in [1.29, 1.82) is 0 Å². The molecule has 11 heteroatoms. The van der Waals surface area contributed by atoms with E-state index >= 15 is 0 Å². The predicted molar refractivity (Wildman–Crippen MR) is 105 cm³/mol. The third-order valence-electron chi connectivity index (χ3n) is 3.54. The van der Waals surface area contributed by atoms with Crippen LogP contribution in [0.15, 0.2) is 24.3 Å². The number of hydrogen-bond donors (Lipinski definition) is 2. The second-order valence-corrected chi connectivity index (χ2v) is 9.37. The van der Waals surface area contributed by atoms with Crippen LogP contribution < -0.4 is 19.5 Å². The Hall–Kier alpha value is -1.61. The summed E-state index contributed by atoms with van der Waals surface area (Å²) < 4.78 is 46.0. The maximum absolute atomic E-state index is 11.8. The van der Waals surface area contributed by atoms with E-state index in [1.165, 1.54) is 24.3 Å². The lowest BCUT2D eigenvalue weighted by Gasteiger charge is -2.23. The number of nitrogens with one attached hydrogen (secondary N) is 2. The number of benzene rings is 1. The molecule has 0 fully saturated rings. The van der Waals surface area contributed by atoms with Crippen LogP contribution in [0.5, 0.6) is 5.75 Å². The van der Waals surface area contributed by atoms with Crippen LogP contribution in [0.1, 0.15) is 45.4 Å². The number of unbranched alkanes of at least 4 members (excludes halogenated alkanes) is 4. The summed E-state index contributed by atoms with van der Waals surface area (Å²) in [5.41, 5.74) is 0.159. The fourth-order valence-electron chi connectivity index (χ4n) is 2.31. The maximum Gasteiger partial charge on any atom is 0.319 e. The van der Waals surface area contributed by atoms with Crippen LogP contribution >= 0.6 is 7.82 Å². The minimum absolute atomic E-state index is 0.0407. The topological polar surface area (TPSA) is 134 Å². The molecule has 9 nitrogen and oxygen atoms in total. The monoisotopic (exact) mass is 435 g/mol. The number of phosphoric acid groups is 1. The highest BCUT2D eigenvalue weighted by atomic mass is 32.2. The van der Waals surface area contributed by atoms with Gasteiger partial charge in [0.15, 0.2) is 0 Å². The highest BCUT2D eigenvalue weighted by molar-refractivity contribution is 7.92. The van der Waals surface area contributed by atoms with Gasteiger partial charge in [0.1, 0.15) is 5.75 Å². The highest BCUT2D eigenvalue weighted by Crippen LogP contribution is 2.39. The van der Waals surface area contributed by atoms with Crippen LogP contribution in [-0.2, 0) is 23.9 Å². The lowest BCUT2D eigenvalue weighted by atomic mass is 10.1. The minimum Gasteiger partial charge on any atom is -0.746 e. The van der Waals surface area contributed by atoms with E-state index in [-0.39, 0.29) is 30.5 Å². The van der Waals surface area contributed by atoms with Crippen molar-refractivity contribution < 1.29 is 31.7 Å². The summed E-state index contributed by atoms with van der Waals surface area (Å²) in [5.74, 6) is -0.246. The largest absolute Gasteiger partial charge is 0.746 e. The molecule has 0 bridgehead atoms. The zero-order valence-electron chi connectivity index (χ0n) is 16.2. The van der Waals surface area contributed by atoms with Gasteiger partial charge in [0.25, 0.3) is 0 Å². The molecule has 28 heavy (non-hydrogen) atoms. The molecule has 1 rings (SSSR count). The van der Waals surface area contributed by atoms with E-state index in [1.54, 1.807) is 0 Å². The smallest absolute Gasteiger partial charge is 0.319 e.